The predicted molar refractivity (Wildman–Crippen MR) is 63.4 cm³/mol. The Morgan fingerprint density at radius 2 is 2.41 bits per heavy atom. The lowest BCUT2D eigenvalue weighted by molar-refractivity contribution is 0.130. The highest BCUT2D eigenvalue weighted by atomic mass is 16.5. The first-order valence-corrected chi connectivity index (χ1v) is 6.46. The van der Waals surface area contributed by atoms with E-state index in [1.165, 1.54) is 12.8 Å². The van der Waals surface area contributed by atoms with Gasteiger partial charge in [0.05, 0.1) is 6.54 Å². The molecule has 0 aromatic carbocycles. The third-order valence-electron chi connectivity index (χ3n) is 3.33. The maximum absolute atomic E-state index is 8.97. The summed E-state index contributed by atoms with van der Waals surface area (Å²) in [5, 5.41) is 12.9. The summed E-state index contributed by atoms with van der Waals surface area (Å²) >= 11 is 0. The van der Waals surface area contributed by atoms with E-state index in [0.29, 0.717) is 18.4 Å². The number of hydrogen-bond donors (Lipinski definition) is 1. The summed E-state index contributed by atoms with van der Waals surface area (Å²) in [6.45, 7) is 5.18. The first kappa shape index (κ1) is 12.5. The van der Waals surface area contributed by atoms with Gasteiger partial charge in [-0.1, -0.05) is 12.1 Å². The fourth-order valence-corrected chi connectivity index (χ4v) is 2.40. The van der Waals surface area contributed by atoms with Crippen LogP contribution in [-0.4, -0.2) is 39.8 Å². The summed E-state index contributed by atoms with van der Waals surface area (Å²) in [5.41, 5.74) is 0. The van der Waals surface area contributed by atoms with Gasteiger partial charge in [0, 0.05) is 19.6 Å². The molecule has 5 heteroatoms. The molecule has 96 valence electrons. The molecule has 2 heterocycles. The van der Waals surface area contributed by atoms with Crippen molar-refractivity contribution in [2.75, 3.05) is 19.7 Å². The van der Waals surface area contributed by atoms with Crippen LogP contribution in [0.5, 0.6) is 0 Å². The second-order valence-corrected chi connectivity index (χ2v) is 4.71. The molecule has 1 aromatic rings. The second kappa shape index (κ2) is 6.12. The van der Waals surface area contributed by atoms with Gasteiger partial charge < -0.3 is 9.63 Å². The van der Waals surface area contributed by atoms with Gasteiger partial charge in [0.15, 0.2) is 5.82 Å². The molecule has 1 aromatic heterocycles. The zero-order valence-corrected chi connectivity index (χ0v) is 10.4. The molecule has 1 fully saturated rings. The topological polar surface area (TPSA) is 62.4 Å². The summed E-state index contributed by atoms with van der Waals surface area (Å²) in [4.78, 5) is 6.67. The van der Waals surface area contributed by atoms with E-state index in [1.54, 1.807) is 0 Å². The van der Waals surface area contributed by atoms with E-state index in [2.05, 4.69) is 15.0 Å². The molecule has 2 rings (SSSR count). The second-order valence-electron chi connectivity index (χ2n) is 4.71. The highest BCUT2D eigenvalue weighted by Gasteiger charge is 2.21. The van der Waals surface area contributed by atoms with Crippen LogP contribution >= 0.6 is 0 Å². The number of aliphatic hydroxyl groups is 1. The molecule has 1 saturated heterocycles. The lowest BCUT2D eigenvalue weighted by Gasteiger charge is -2.31. The molecule has 0 amide bonds. The monoisotopic (exact) mass is 239 g/mol. The molecular formula is C12H21N3O2. The Morgan fingerprint density at radius 1 is 1.53 bits per heavy atom. The average Bonchev–Trinajstić information content (AvgIpc) is 2.78. The molecule has 1 atom stereocenters. The minimum atomic E-state index is 0.291. The van der Waals surface area contributed by atoms with Gasteiger partial charge in [-0.15, -0.1) is 0 Å². The number of piperidine rings is 1. The van der Waals surface area contributed by atoms with Crippen molar-refractivity contribution >= 4 is 0 Å². The molecule has 0 bridgehead atoms. The van der Waals surface area contributed by atoms with E-state index in [4.69, 9.17) is 9.63 Å². The van der Waals surface area contributed by atoms with E-state index in [-0.39, 0.29) is 0 Å². The van der Waals surface area contributed by atoms with Gasteiger partial charge in [0.1, 0.15) is 0 Å². The maximum atomic E-state index is 8.97. The SMILES string of the molecule is CCc1noc(CN2CCCC(CCO)C2)n1. The zero-order valence-electron chi connectivity index (χ0n) is 10.4. The number of hydrogen-bond acceptors (Lipinski definition) is 5. The lowest BCUT2D eigenvalue weighted by atomic mass is 9.95. The van der Waals surface area contributed by atoms with Gasteiger partial charge in [0.2, 0.25) is 5.89 Å². The van der Waals surface area contributed by atoms with Gasteiger partial charge >= 0.3 is 0 Å². The summed E-state index contributed by atoms with van der Waals surface area (Å²) in [5.74, 6) is 2.11. The van der Waals surface area contributed by atoms with Gasteiger partial charge in [0.25, 0.3) is 0 Å². The fraction of sp³-hybridized carbons (Fsp3) is 0.833. The number of aryl methyl sites for hydroxylation is 1. The van der Waals surface area contributed by atoms with Crippen molar-refractivity contribution in [1.29, 1.82) is 0 Å². The molecule has 1 aliphatic heterocycles. The zero-order chi connectivity index (χ0) is 12.1. The van der Waals surface area contributed by atoms with Gasteiger partial charge in [-0.3, -0.25) is 4.90 Å². The lowest BCUT2D eigenvalue weighted by Crippen LogP contribution is -2.35. The van der Waals surface area contributed by atoms with E-state index < -0.39 is 0 Å². The van der Waals surface area contributed by atoms with Crippen LogP contribution in [0.2, 0.25) is 0 Å². The summed E-state index contributed by atoms with van der Waals surface area (Å²) in [6.07, 6.45) is 4.14. The largest absolute Gasteiger partial charge is 0.396 e. The third-order valence-corrected chi connectivity index (χ3v) is 3.33. The van der Waals surface area contributed by atoms with Crippen LogP contribution in [0.1, 0.15) is 37.9 Å². The van der Waals surface area contributed by atoms with Crippen molar-refractivity contribution in [3.63, 3.8) is 0 Å². The summed E-state index contributed by atoms with van der Waals surface area (Å²) in [7, 11) is 0. The first-order valence-electron chi connectivity index (χ1n) is 6.46. The Balaban J connectivity index is 1.85. The van der Waals surface area contributed by atoms with Crippen LogP contribution in [0, 0.1) is 5.92 Å². The molecule has 1 N–H and O–H groups in total. The van der Waals surface area contributed by atoms with E-state index in [9.17, 15) is 0 Å². The molecule has 1 unspecified atom stereocenters. The van der Waals surface area contributed by atoms with Gasteiger partial charge in [-0.2, -0.15) is 4.98 Å². The number of rotatable bonds is 5. The maximum Gasteiger partial charge on any atom is 0.240 e. The molecular weight excluding hydrogens is 218 g/mol. The minimum Gasteiger partial charge on any atom is -0.396 e. The van der Waals surface area contributed by atoms with Gasteiger partial charge in [-0.05, 0) is 31.7 Å². The van der Waals surface area contributed by atoms with Crippen molar-refractivity contribution in [2.45, 2.75) is 39.2 Å². The normalized spacial score (nSPS) is 21.9. The Kier molecular flexibility index (Phi) is 4.50. The van der Waals surface area contributed by atoms with Crippen LogP contribution in [0.25, 0.3) is 0 Å². The number of likely N-dealkylation sites (tertiary alicyclic amines) is 1. The third kappa shape index (κ3) is 3.51. The minimum absolute atomic E-state index is 0.291. The Labute approximate surface area is 102 Å². The van der Waals surface area contributed by atoms with Crippen molar-refractivity contribution in [1.82, 2.24) is 15.0 Å². The van der Waals surface area contributed by atoms with E-state index >= 15 is 0 Å². The highest BCUT2D eigenvalue weighted by Crippen LogP contribution is 2.20. The predicted octanol–water partition coefficient (Wildman–Crippen LogP) is 1.23. The molecule has 0 aliphatic carbocycles. The van der Waals surface area contributed by atoms with Crippen molar-refractivity contribution in [2.24, 2.45) is 5.92 Å². The van der Waals surface area contributed by atoms with Crippen LogP contribution in [0.3, 0.4) is 0 Å². The van der Waals surface area contributed by atoms with E-state index in [0.717, 1.165) is 38.3 Å². The van der Waals surface area contributed by atoms with Gasteiger partial charge in [-0.25, -0.2) is 0 Å². The quantitative estimate of drug-likeness (QED) is 0.837. The molecule has 0 saturated carbocycles. The average molecular weight is 239 g/mol. The molecule has 0 radical (unpaired) electrons. The number of aromatic nitrogens is 2. The van der Waals surface area contributed by atoms with Crippen molar-refractivity contribution in [3.8, 4) is 0 Å². The Morgan fingerprint density at radius 3 is 3.12 bits per heavy atom. The first-order chi connectivity index (χ1) is 8.31. The Hall–Kier alpha value is -0.940. The number of nitrogens with zero attached hydrogens (tertiary/aromatic N) is 3. The van der Waals surface area contributed by atoms with Crippen LogP contribution < -0.4 is 0 Å². The number of aliphatic hydroxyl groups excluding tert-OH is 1. The molecule has 1 aliphatic rings. The molecule has 0 spiro atoms. The Bertz CT molecular complexity index is 338. The van der Waals surface area contributed by atoms with E-state index in [1.807, 2.05) is 6.92 Å². The molecule has 17 heavy (non-hydrogen) atoms. The summed E-state index contributed by atoms with van der Waals surface area (Å²) in [6, 6.07) is 0. The van der Waals surface area contributed by atoms with Crippen LogP contribution in [0.15, 0.2) is 4.52 Å². The molecule has 5 nitrogen and oxygen atoms in total. The van der Waals surface area contributed by atoms with Crippen molar-refractivity contribution < 1.29 is 9.63 Å². The standard InChI is InChI=1S/C12H21N3O2/c1-2-11-13-12(17-14-11)9-15-6-3-4-10(8-15)5-7-16/h10,16H,2-9H2,1H3. The smallest absolute Gasteiger partial charge is 0.240 e. The summed E-state index contributed by atoms with van der Waals surface area (Å²) < 4.78 is 5.20. The highest BCUT2D eigenvalue weighted by molar-refractivity contribution is 4.86. The van der Waals surface area contributed by atoms with Crippen LogP contribution in [-0.2, 0) is 13.0 Å². The van der Waals surface area contributed by atoms with Crippen LogP contribution in [0.4, 0.5) is 0 Å². The fourth-order valence-electron chi connectivity index (χ4n) is 2.40. The van der Waals surface area contributed by atoms with Crippen molar-refractivity contribution in [3.05, 3.63) is 11.7 Å².